The van der Waals surface area contributed by atoms with Crippen LogP contribution in [-0.4, -0.2) is 45.4 Å². The Bertz CT molecular complexity index is 458. The minimum atomic E-state index is -0.552. The lowest BCUT2D eigenvalue weighted by atomic mass is 10.2. The lowest BCUT2D eigenvalue weighted by Crippen LogP contribution is -2.40. The van der Waals surface area contributed by atoms with E-state index in [1.807, 2.05) is 6.92 Å². The van der Waals surface area contributed by atoms with E-state index < -0.39 is 6.10 Å². The molecular weight excluding hydrogens is 327 g/mol. The summed E-state index contributed by atoms with van der Waals surface area (Å²) in [4.78, 5) is 11.9. The van der Waals surface area contributed by atoms with Crippen LogP contribution in [0.25, 0.3) is 0 Å². The zero-order valence-electron chi connectivity index (χ0n) is 13.1. The summed E-state index contributed by atoms with van der Waals surface area (Å²) in [6.07, 6.45) is -0.552. The Hall–Kier alpha value is -1.01. The van der Waals surface area contributed by atoms with E-state index in [2.05, 4.69) is 10.6 Å². The molecule has 0 saturated heterocycles. The third kappa shape index (κ3) is 7.84. The number of benzene rings is 1. The van der Waals surface area contributed by atoms with Crippen molar-refractivity contribution >= 4 is 29.9 Å². The summed E-state index contributed by atoms with van der Waals surface area (Å²) in [5, 5.41) is 6.62. The Balaban J connectivity index is 0.00000441. The van der Waals surface area contributed by atoms with Crippen molar-refractivity contribution in [1.29, 1.82) is 0 Å². The van der Waals surface area contributed by atoms with E-state index in [1.54, 1.807) is 32.2 Å². The number of halogens is 2. The minimum Gasteiger partial charge on any atom is -0.481 e. The number of hydrogen-bond acceptors (Lipinski definition) is 4. The molecule has 5 nitrogen and oxygen atoms in total. The predicted molar refractivity (Wildman–Crippen MR) is 91.3 cm³/mol. The fourth-order valence-electron chi connectivity index (χ4n) is 1.71. The maximum absolute atomic E-state index is 11.9. The Kier molecular flexibility index (Phi) is 11.0. The van der Waals surface area contributed by atoms with E-state index in [9.17, 15) is 4.79 Å². The number of ether oxygens (including phenoxy) is 2. The molecule has 1 amide bonds. The largest absolute Gasteiger partial charge is 0.481 e. The first-order valence-electron chi connectivity index (χ1n) is 6.94. The highest BCUT2D eigenvalue weighted by atomic mass is 35.5. The average Bonchev–Trinajstić information content (AvgIpc) is 2.45. The molecule has 1 aromatic carbocycles. The second kappa shape index (κ2) is 11.5. The van der Waals surface area contributed by atoms with Gasteiger partial charge in [0.25, 0.3) is 5.91 Å². The lowest BCUT2D eigenvalue weighted by Gasteiger charge is -2.16. The third-order valence-electron chi connectivity index (χ3n) is 2.89. The number of methoxy groups -OCH3 is 1. The number of aryl methyl sites for hydroxylation is 1. The van der Waals surface area contributed by atoms with Crippen LogP contribution < -0.4 is 15.4 Å². The van der Waals surface area contributed by atoms with Crippen LogP contribution >= 0.6 is 24.0 Å². The van der Waals surface area contributed by atoms with Gasteiger partial charge in [0.2, 0.25) is 0 Å². The first kappa shape index (κ1) is 21.0. The Morgan fingerprint density at radius 3 is 2.68 bits per heavy atom. The maximum atomic E-state index is 11.9. The quantitative estimate of drug-likeness (QED) is 0.670. The summed E-state index contributed by atoms with van der Waals surface area (Å²) in [7, 11) is 1.65. The van der Waals surface area contributed by atoms with Crippen LogP contribution in [0.4, 0.5) is 0 Å². The molecule has 0 aliphatic rings. The Labute approximate surface area is 143 Å². The van der Waals surface area contributed by atoms with Crippen molar-refractivity contribution in [3.05, 3.63) is 28.8 Å². The van der Waals surface area contributed by atoms with Crippen molar-refractivity contribution in [2.24, 2.45) is 0 Å². The molecule has 0 aromatic heterocycles. The molecule has 0 fully saturated rings. The van der Waals surface area contributed by atoms with Gasteiger partial charge in [-0.1, -0.05) is 11.6 Å². The normalized spacial score (nSPS) is 11.5. The van der Waals surface area contributed by atoms with Gasteiger partial charge in [0.15, 0.2) is 6.10 Å². The minimum absolute atomic E-state index is 0. The lowest BCUT2D eigenvalue weighted by molar-refractivity contribution is -0.127. The van der Waals surface area contributed by atoms with Crippen molar-refractivity contribution in [1.82, 2.24) is 10.6 Å². The number of carbonyl (C=O) groups is 1. The summed E-state index contributed by atoms with van der Waals surface area (Å²) >= 11 is 5.89. The molecule has 1 atom stereocenters. The Morgan fingerprint density at radius 1 is 1.32 bits per heavy atom. The second-order valence-electron chi connectivity index (χ2n) is 4.70. The molecule has 1 unspecified atom stereocenters. The van der Waals surface area contributed by atoms with E-state index in [1.165, 1.54) is 0 Å². The average molecular weight is 351 g/mol. The number of amides is 1. The van der Waals surface area contributed by atoms with Crippen molar-refractivity contribution in [2.45, 2.75) is 20.0 Å². The second-order valence-corrected chi connectivity index (χ2v) is 5.14. The van der Waals surface area contributed by atoms with Crippen LogP contribution in [0.3, 0.4) is 0 Å². The number of rotatable bonds is 9. The number of nitrogens with one attached hydrogen (secondary N) is 2. The summed E-state index contributed by atoms with van der Waals surface area (Å²) in [5.74, 6) is 0.526. The molecule has 0 heterocycles. The molecule has 2 N–H and O–H groups in total. The molecule has 0 saturated carbocycles. The standard InChI is InChI=1S/C15H23ClN2O3.ClH/c1-11-10-13(16)4-5-14(11)21-12(2)15(19)18-7-6-17-8-9-20-3;/h4-5,10,12,17H,6-9H2,1-3H3,(H,18,19);1H. The zero-order chi connectivity index (χ0) is 15.7. The third-order valence-corrected chi connectivity index (χ3v) is 3.13. The highest BCUT2D eigenvalue weighted by Gasteiger charge is 2.14. The maximum Gasteiger partial charge on any atom is 0.260 e. The van der Waals surface area contributed by atoms with Gasteiger partial charge in [-0.15, -0.1) is 12.4 Å². The molecular formula is C15H24Cl2N2O3. The van der Waals surface area contributed by atoms with Crippen molar-refractivity contribution in [3.8, 4) is 5.75 Å². The van der Waals surface area contributed by atoms with E-state index in [4.69, 9.17) is 21.1 Å². The molecule has 0 spiro atoms. The van der Waals surface area contributed by atoms with Gasteiger partial charge in [-0.25, -0.2) is 0 Å². The van der Waals surface area contributed by atoms with Crippen molar-refractivity contribution in [3.63, 3.8) is 0 Å². The molecule has 126 valence electrons. The topological polar surface area (TPSA) is 59.6 Å². The van der Waals surface area contributed by atoms with E-state index >= 15 is 0 Å². The van der Waals surface area contributed by atoms with E-state index in [0.717, 1.165) is 12.1 Å². The highest BCUT2D eigenvalue weighted by molar-refractivity contribution is 6.30. The number of hydrogen-bond donors (Lipinski definition) is 2. The van der Waals surface area contributed by atoms with Crippen LogP contribution in [0.15, 0.2) is 18.2 Å². The first-order valence-corrected chi connectivity index (χ1v) is 7.32. The van der Waals surface area contributed by atoms with Gasteiger partial charge < -0.3 is 20.1 Å². The van der Waals surface area contributed by atoms with Gasteiger partial charge in [0.05, 0.1) is 6.61 Å². The molecule has 0 aliphatic heterocycles. The van der Waals surface area contributed by atoms with Gasteiger partial charge in [0.1, 0.15) is 5.75 Å². The van der Waals surface area contributed by atoms with E-state index in [0.29, 0.717) is 30.5 Å². The first-order chi connectivity index (χ1) is 10.0. The summed E-state index contributed by atoms with van der Waals surface area (Å²) < 4.78 is 10.6. The molecule has 7 heteroatoms. The molecule has 1 rings (SSSR count). The number of carbonyl (C=O) groups excluding carboxylic acids is 1. The van der Waals surface area contributed by atoms with Crippen LogP contribution in [0.2, 0.25) is 5.02 Å². The Morgan fingerprint density at radius 2 is 2.05 bits per heavy atom. The van der Waals surface area contributed by atoms with Gasteiger partial charge in [-0.05, 0) is 37.6 Å². The van der Waals surface area contributed by atoms with Crippen LogP contribution in [0.5, 0.6) is 5.75 Å². The SMILES string of the molecule is COCCNCCNC(=O)C(C)Oc1ccc(Cl)cc1C.Cl. The van der Waals surface area contributed by atoms with E-state index in [-0.39, 0.29) is 18.3 Å². The van der Waals surface area contributed by atoms with Crippen LogP contribution in [-0.2, 0) is 9.53 Å². The van der Waals surface area contributed by atoms with Gasteiger partial charge >= 0.3 is 0 Å². The zero-order valence-corrected chi connectivity index (χ0v) is 14.7. The fourth-order valence-corrected chi connectivity index (χ4v) is 1.93. The molecule has 0 bridgehead atoms. The fraction of sp³-hybridized carbons (Fsp3) is 0.533. The molecule has 0 radical (unpaired) electrons. The summed E-state index contributed by atoms with van der Waals surface area (Å²) in [6.45, 7) is 6.29. The van der Waals surface area contributed by atoms with Crippen molar-refractivity contribution in [2.75, 3.05) is 33.4 Å². The van der Waals surface area contributed by atoms with Crippen LogP contribution in [0.1, 0.15) is 12.5 Å². The van der Waals surface area contributed by atoms with Crippen molar-refractivity contribution < 1.29 is 14.3 Å². The molecule has 1 aromatic rings. The van der Waals surface area contributed by atoms with Gasteiger partial charge in [-0.3, -0.25) is 4.79 Å². The highest BCUT2D eigenvalue weighted by Crippen LogP contribution is 2.22. The van der Waals surface area contributed by atoms with Gasteiger partial charge in [-0.2, -0.15) is 0 Å². The monoisotopic (exact) mass is 350 g/mol. The summed E-state index contributed by atoms with van der Waals surface area (Å²) in [6, 6.07) is 5.32. The summed E-state index contributed by atoms with van der Waals surface area (Å²) in [5.41, 5.74) is 0.906. The van der Waals surface area contributed by atoms with Crippen LogP contribution in [0, 0.1) is 6.92 Å². The molecule has 22 heavy (non-hydrogen) atoms. The smallest absolute Gasteiger partial charge is 0.260 e. The molecule has 0 aliphatic carbocycles. The van der Waals surface area contributed by atoms with Gasteiger partial charge in [0, 0.05) is 31.8 Å². The predicted octanol–water partition coefficient (Wildman–Crippen LogP) is 2.19.